The van der Waals surface area contributed by atoms with Gasteiger partial charge in [-0.05, 0) is 37.2 Å². The van der Waals surface area contributed by atoms with Crippen molar-refractivity contribution >= 4 is 0 Å². The smallest absolute Gasteiger partial charge is 0.0449 e. The van der Waals surface area contributed by atoms with Crippen LogP contribution in [0, 0.1) is 5.41 Å². The van der Waals surface area contributed by atoms with Gasteiger partial charge < -0.3 is 5.32 Å². The molecule has 1 saturated carbocycles. The Labute approximate surface area is 123 Å². The predicted octanol–water partition coefficient (Wildman–Crippen LogP) is 3.60. The van der Waals surface area contributed by atoms with Gasteiger partial charge in [0.05, 0.1) is 0 Å². The van der Waals surface area contributed by atoms with Gasteiger partial charge in [-0.3, -0.25) is 4.90 Å². The van der Waals surface area contributed by atoms with Crippen LogP contribution in [0.25, 0.3) is 0 Å². The van der Waals surface area contributed by atoms with Crippen molar-refractivity contribution < 1.29 is 0 Å². The second-order valence-corrected chi connectivity index (χ2v) is 6.90. The van der Waals surface area contributed by atoms with E-state index in [1.54, 1.807) is 0 Å². The van der Waals surface area contributed by atoms with Gasteiger partial charge in [0.15, 0.2) is 0 Å². The molecular weight excluding hydrogens is 244 g/mol. The molecule has 110 valence electrons. The molecule has 2 heteroatoms. The lowest BCUT2D eigenvalue weighted by Gasteiger charge is -2.41. The SMILES string of the molecule is CCCC1(CN2CC(c3ccccc3)NCC2C)CC1. The van der Waals surface area contributed by atoms with E-state index in [-0.39, 0.29) is 0 Å². The number of rotatable bonds is 5. The quantitative estimate of drug-likeness (QED) is 0.881. The van der Waals surface area contributed by atoms with Crippen molar-refractivity contribution in [2.75, 3.05) is 19.6 Å². The molecule has 0 radical (unpaired) electrons. The van der Waals surface area contributed by atoms with Crippen LogP contribution in [0.5, 0.6) is 0 Å². The van der Waals surface area contributed by atoms with Gasteiger partial charge >= 0.3 is 0 Å². The highest BCUT2D eigenvalue weighted by Crippen LogP contribution is 2.50. The summed E-state index contributed by atoms with van der Waals surface area (Å²) in [5.41, 5.74) is 2.10. The Morgan fingerprint density at radius 3 is 2.65 bits per heavy atom. The minimum absolute atomic E-state index is 0.504. The van der Waals surface area contributed by atoms with Crippen LogP contribution in [0.1, 0.15) is 51.1 Å². The molecule has 2 aliphatic rings. The molecule has 2 fully saturated rings. The van der Waals surface area contributed by atoms with Crippen LogP contribution >= 0.6 is 0 Å². The minimum Gasteiger partial charge on any atom is -0.307 e. The first-order valence-corrected chi connectivity index (χ1v) is 8.25. The lowest BCUT2D eigenvalue weighted by Crippen LogP contribution is -2.52. The topological polar surface area (TPSA) is 15.3 Å². The number of nitrogens with zero attached hydrogens (tertiary/aromatic N) is 1. The van der Waals surface area contributed by atoms with Gasteiger partial charge in [-0.25, -0.2) is 0 Å². The second-order valence-electron chi connectivity index (χ2n) is 6.90. The fraction of sp³-hybridized carbons (Fsp3) is 0.667. The van der Waals surface area contributed by atoms with E-state index in [1.165, 1.54) is 37.8 Å². The van der Waals surface area contributed by atoms with Gasteiger partial charge in [-0.1, -0.05) is 43.7 Å². The molecule has 0 aromatic heterocycles. The fourth-order valence-electron chi connectivity index (χ4n) is 3.68. The predicted molar refractivity (Wildman–Crippen MR) is 84.8 cm³/mol. The molecule has 2 atom stereocenters. The molecule has 1 aromatic carbocycles. The van der Waals surface area contributed by atoms with E-state index >= 15 is 0 Å². The van der Waals surface area contributed by atoms with E-state index in [0.717, 1.165) is 13.1 Å². The first-order chi connectivity index (χ1) is 9.72. The summed E-state index contributed by atoms with van der Waals surface area (Å²) in [6.07, 6.45) is 5.66. The van der Waals surface area contributed by atoms with E-state index in [0.29, 0.717) is 17.5 Å². The molecule has 1 heterocycles. The zero-order valence-corrected chi connectivity index (χ0v) is 12.9. The van der Waals surface area contributed by atoms with Crippen molar-refractivity contribution in [3.8, 4) is 0 Å². The Morgan fingerprint density at radius 1 is 1.25 bits per heavy atom. The standard InChI is InChI=1S/C18H28N2/c1-3-9-18(10-11-18)14-20-13-17(19-12-15(20)2)16-7-5-4-6-8-16/h4-8,15,17,19H,3,9-14H2,1-2H3. The highest BCUT2D eigenvalue weighted by Gasteiger charge is 2.44. The van der Waals surface area contributed by atoms with Gasteiger partial charge in [-0.15, -0.1) is 0 Å². The van der Waals surface area contributed by atoms with Gasteiger partial charge in [0.1, 0.15) is 0 Å². The molecule has 1 aliphatic carbocycles. The first-order valence-electron chi connectivity index (χ1n) is 8.25. The van der Waals surface area contributed by atoms with Crippen LogP contribution in [-0.2, 0) is 0 Å². The lowest BCUT2D eigenvalue weighted by molar-refractivity contribution is 0.110. The molecule has 2 unspecified atom stereocenters. The fourth-order valence-corrected chi connectivity index (χ4v) is 3.68. The molecule has 0 amide bonds. The summed E-state index contributed by atoms with van der Waals surface area (Å²) < 4.78 is 0. The van der Waals surface area contributed by atoms with E-state index in [1.807, 2.05) is 0 Å². The van der Waals surface area contributed by atoms with Crippen LogP contribution in [0.3, 0.4) is 0 Å². The molecule has 1 aromatic rings. The maximum Gasteiger partial charge on any atom is 0.0449 e. The third-order valence-electron chi connectivity index (χ3n) is 5.18. The van der Waals surface area contributed by atoms with Crippen LogP contribution in [-0.4, -0.2) is 30.6 Å². The molecule has 0 bridgehead atoms. The van der Waals surface area contributed by atoms with E-state index in [2.05, 4.69) is 54.4 Å². The van der Waals surface area contributed by atoms with E-state index in [4.69, 9.17) is 0 Å². The van der Waals surface area contributed by atoms with Gasteiger partial charge in [-0.2, -0.15) is 0 Å². The molecular formula is C18H28N2. The number of hydrogen-bond acceptors (Lipinski definition) is 2. The summed E-state index contributed by atoms with van der Waals surface area (Å²) in [6.45, 7) is 8.29. The number of nitrogens with one attached hydrogen (secondary N) is 1. The second kappa shape index (κ2) is 5.87. The van der Waals surface area contributed by atoms with Crippen LogP contribution in [0.4, 0.5) is 0 Å². The largest absolute Gasteiger partial charge is 0.307 e. The normalized spacial score (nSPS) is 29.3. The molecule has 2 nitrogen and oxygen atoms in total. The van der Waals surface area contributed by atoms with Gasteiger partial charge in [0, 0.05) is 31.7 Å². The van der Waals surface area contributed by atoms with Crippen molar-refractivity contribution in [3.63, 3.8) is 0 Å². The zero-order chi connectivity index (χ0) is 14.0. The third-order valence-corrected chi connectivity index (χ3v) is 5.18. The first kappa shape index (κ1) is 14.1. The number of piperazine rings is 1. The number of hydrogen-bond donors (Lipinski definition) is 1. The lowest BCUT2D eigenvalue weighted by atomic mass is 9.96. The van der Waals surface area contributed by atoms with Gasteiger partial charge in [0.2, 0.25) is 0 Å². The summed E-state index contributed by atoms with van der Waals surface area (Å²) in [7, 11) is 0. The summed E-state index contributed by atoms with van der Waals surface area (Å²) >= 11 is 0. The van der Waals surface area contributed by atoms with Crippen molar-refractivity contribution in [1.29, 1.82) is 0 Å². The number of benzene rings is 1. The molecule has 20 heavy (non-hydrogen) atoms. The Hall–Kier alpha value is -0.860. The maximum absolute atomic E-state index is 3.71. The Kier molecular flexibility index (Phi) is 4.13. The van der Waals surface area contributed by atoms with Crippen LogP contribution in [0.15, 0.2) is 30.3 Å². The Balaban J connectivity index is 1.65. The van der Waals surface area contributed by atoms with Crippen LogP contribution < -0.4 is 5.32 Å². The molecule has 1 saturated heterocycles. The van der Waals surface area contributed by atoms with E-state index < -0.39 is 0 Å². The monoisotopic (exact) mass is 272 g/mol. The van der Waals surface area contributed by atoms with Crippen molar-refractivity contribution in [2.45, 2.75) is 51.6 Å². The average molecular weight is 272 g/mol. The highest BCUT2D eigenvalue weighted by atomic mass is 15.2. The third kappa shape index (κ3) is 3.07. The summed E-state index contributed by atoms with van der Waals surface area (Å²) in [5.74, 6) is 0. The highest BCUT2D eigenvalue weighted by molar-refractivity contribution is 5.20. The van der Waals surface area contributed by atoms with E-state index in [9.17, 15) is 0 Å². The van der Waals surface area contributed by atoms with Crippen molar-refractivity contribution in [1.82, 2.24) is 10.2 Å². The average Bonchev–Trinajstić information content (AvgIpc) is 3.22. The summed E-state index contributed by atoms with van der Waals surface area (Å²) in [5, 5.41) is 3.71. The Bertz CT molecular complexity index is 424. The molecule has 1 aliphatic heterocycles. The summed E-state index contributed by atoms with van der Waals surface area (Å²) in [6, 6.07) is 12.1. The molecule has 1 N–H and O–H groups in total. The zero-order valence-electron chi connectivity index (χ0n) is 12.9. The Morgan fingerprint density at radius 2 is 2.00 bits per heavy atom. The van der Waals surface area contributed by atoms with Crippen molar-refractivity contribution in [2.24, 2.45) is 5.41 Å². The van der Waals surface area contributed by atoms with Crippen molar-refractivity contribution in [3.05, 3.63) is 35.9 Å². The molecule has 3 rings (SSSR count). The minimum atomic E-state index is 0.504. The molecule has 0 spiro atoms. The van der Waals surface area contributed by atoms with Crippen LogP contribution in [0.2, 0.25) is 0 Å². The van der Waals surface area contributed by atoms with Gasteiger partial charge in [0.25, 0.3) is 0 Å². The maximum atomic E-state index is 3.71. The summed E-state index contributed by atoms with van der Waals surface area (Å²) in [4.78, 5) is 2.73.